The van der Waals surface area contributed by atoms with Crippen molar-refractivity contribution in [2.75, 3.05) is 7.11 Å². The fourth-order valence-electron chi connectivity index (χ4n) is 3.28. The molecule has 0 spiro atoms. The number of nitrogens with zero attached hydrogens (tertiary/aromatic N) is 3. The second-order valence-electron chi connectivity index (χ2n) is 6.72. The zero-order valence-corrected chi connectivity index (χ0v) is 15.7. The van der Waals surface area contributed by atoms with Crippen molar-refractivity contribution in [3.63, 3.8) is 0 Å². The molecule has 28 heavy (non-hydrogen) atoms. The van der Waals surface area contributed by atoms with Gasteiger partial charge in [0.25, 0.3) is 5.56 Å². The van der Waals surface area contributed by atoms with Gasteiger partial charge in [-0.05, 0) is 36.2 Å². The van der Waals surface area contributed by atoms with Gasteiger partial charge in [-0.3, -0.25) is 4.79 Å². The summed E-state index contributed by atoms with van der Waals surface area (Å²) in [6.07, 6.45) is 2.58. The number of methoxy groups -OCH3 is 1. The first-order valence-electron chi connectivity index (χ1n) is 9.03. The van der Waals surface area contributed by atoms with E-state index < -0.39 is 6.10 Å². The van der Waals surface area contributed by atoms with Crippen LogP contribution < -0.4 is 10.3 Å². The van der Waals surface area contributed by atoms with Gasteiger partial charge >= 0.3 is 0 Å². The summed E-state index contributed by atoms with van der Waals surface area (Å²) < 4.78 is 8.23. The van der Waals surface area contributed by atoms with Crippen LogP contribution in [0.15, 0.2) is 71.8 Å². The summed E-state index contributed by atoms with van der Waals surface area (Å²) in [5, 5.41) is 15.1. The lowest BCUT2D eigenvalue weighted by molar-refractivity contribution is 0.155. The van der Waals surface area contributed by atoms with Crippen LogP contribution in [0, 0.1) is 6.92 Å². The number of aryl methyl sites for hydroxylation is 1. The second kappa shape index (κ2) is 7.32. The SMILES string of the molecule is COc1ccc(C(O)Cn2ccn3nc(-c4ccccc4C)cc3c2=O)cc1. The first-order chi connectivity index (χ1) is 13.6. The van der Waals surface area contributed by atoms with Crippen LogP contribution in [0.5, 0.6) is 5.75 Å². The molecule has 2 aromatic heterocycles. The standard InChI is InChI=1S/C22H21N3O3/c1-15-5-3-4-6-18(15)19-13-20-22(27)24(11-12-25(20)23-19)14-21(26)16-7-9-17(28-2)10-8-16/h3-13,21,26H,14H2,1-2H3. The zero-order chi connectivity index (χ0) is 19.7. The molecule has 0 fully saturated rings. The predicted molar refractivity (Wildman–Crippen MR) is 108 cm³/mol. The maximum absolute atomic E-state index is 12.9. The molecule has 0 aliphatic rings. The maximum atomic E-state index is 12.9. The van der Waals surface area contributed by atoms with Gasteiger partial charge in [0.1, 0.15) is 11.3 Å². The first-order valence-corrected chi connectivity index (χ1v) is 9.03. The van der Waals surface area contributed by atoms with Crippen LogP contribution in [0.4, 0.5) is 0 Å². The van der Waals surface area contributed by atoms with E-state index in [9.17, 15) is 9.90 Å². The van der Waals surface area contributed by atoms with Crippen molar-refractivity contribution in [2.24, 2.45) is 0 Å². The predicted octanol–water partition coefficient (Wildman–Crippen LogP) is 3.21. The van der Waals surface area contributed by atoms with Crippen LogP contribution in [0.1, 0.15) is 17.2 Å². The highest BCUT2D eigenvalue weighted by Gasteiger charge is 2.14. The molecule has 0 saturated carbocycles. The Morgan fingerprint density at radius 3 is 2.57 bits per heavy atom. The van der Waals surface area contributed by atoms with Gasteiger partial charge in [-0.25, -0.2) is 4.52 Å². The van der Waals surface area contributed by atoms with Crippen molar-refractivity contribution in [3.05, 3.63) is 88.5 Å². The van der Waals surface area contributed by atoms with E-state index in [2.05, 4.69) is 5.10 Å². The average Bonchev–Trinajstić information content (AvgIpc) is 3.15. The zero-order valence-electron chi connectivity index (χ0n) is 15.7. The quantitative estimate of drug-likeness (QED) is 0.582. The molecular formula is C22H21N3O3. The molecule has 0 radical (unpaired) electrons. The van der Waals surface area contributed by atoms with Crippen LogP contribution in [-0.2, 0) is 6.54 Å². The van der Waals surface area contributed by atoms with Gasteiger partial charge in [-0.15, -0.1) is 0 Å². The largest absolute Gasteiger partial charge is 0.497 e. The van der Waals surface area contributed by atoms with E-state index in [0.717, 1.165) is 28.1 Å². The van der Waals surface area contributed by atoms with Crippen LogP contribution >= 0.6 is 0 Å². The highest BCUT2D eigenvalue weighted by atomic mass is 16.5. The summed E-state index contributed by atoms with van der Waals surface area (Å²) in [5.41, 5.74) is 3.85. The lowest BCUT2D eigenvalue weighted by Gasteiger charge is -2.13. The minimum Gasteiger partial charge on any atom is -0.497 e. The normalized spacial score (nSPS) is 12.2. The third-order valence-corrected chi connectivity index (χ3v) is 4.89. The van der Waals surface area contributed by atoms with Crippen LogP contribution in [0.25, 0.3) is 16.8 Å². The summed E-state index contributed by atoms with van der Waals surface area (Å²) in [4.78, 5) is 12.9. The lowest BCUT2D eigenvalue weighted by Crippen LogP contribution is -2.24. The smallest absolute Gasteiger partial charge is 0.276 e. The minimum absolute atomic E-state index is 0.159. The average molecular weight is 375 g/mol. The van der Waals surface area contributed by atoms with E-state index in [1.807, 2.05) is 31.2 Å². The Morgan fingerprint density at radius 2 is 1.86 bits per heavy atom. The third-order valence-electron chi connectivity index (χ3n) is 4.89. The van der Waals surface area contributed by atoms with Crippen LogP contribution in [-0.4, -0.2) is 26.4 Å². The van der Waals surface area contributed by atoms with Gasteiger partial charge in [-0.2, -0.15) is 5.10 Å². The van der Waals surface area contributed by atoms with Crippen molar-refractivity contribution >= 4 is 5.52 Å². The Labute approximate surface area is 162 Å². The molecule has 6 heteroatoms. The van der Waals surface area contributed by atoms with Crippen LogP contribution in [0.2, 0.25) is 0 Å². The van der Waals surface area contributed by atoms with Gasteiger partial charge in [0.2, 0.25) is 0 Å². The van der Waals surface area contributed by atoms with E-state index in [0.29, 0.717) is 5.52 Å². The van der Waals surface area contributed by atoms with Crippen molar-refractivity contribution in [1.82, 2.24) is 14.2 Å². The Hall–Kier alpha value is -3.38. The molecule has 2 aromatic carbocycles. The Kier molecular flexibility index (Phi) is 4.71. The molecule has 142 valence electrons. The van der Waals surface area contributed by atoms with Gasteiger partial charge in [0.15, 0.2) is 0 Å². The molecule has 6 nitrogen and oxygen atoms in total. The Bertz CT molecular complexity index is 1180. The lowest BCUT2D eigenvalue weighted by atomic mass is 10.1. The van der Waals surface area contributed by atoms with E-state index in [4.69, 9.17) is 4.74 Å². The third kappa shape index (κ3) is 3.30. The molecule has 0 aliphatic heterocycles. The van der Waals surface area contributed by atoms with Gasteiger partial charge in [0, 0.05) is 18.0 Å². The Morgan fingerprint density at radius 1 is 1.11 bits per heavy atom. The molecular weight excluding hydrogens is 354 g/mol. The number of aliphatic hydroxyl groups excluding tert-OH is 1. The Balaban J connectivity index is 1.66. The molecule has 0 saturated heterocycles. The van der Waals surface area contributed by atoms with Crippen LogP contribution in [0.3, 0.4) is 0 Å². The number of benzene rings is 2. The number of ether oxygens (including phenoxy) is 1. The van der Waals surface area contributed by atoms with Gasteiger partial charge in [-0.1, -0.05) is 36.4 Å². The maximum Gasteiger partial charge on any atom is 0.276 e. The molecule has 0 aliphatic carbocycles. The van der Waals surface area contributed by atoms with E-state index in [1.54, 1.807) is 54.4 Å². The monoisotopic (exact) mass is 375 g/mol. The van der Waals surface area contributed by atoms with E-state index in [1.165, 1.54) is 4.57 Å². The molecule has 1 atom stereocenters. The fourth-order valence-corrected chi connectivity index (χ4v) is 3.28. The highest BCUT2D eigenvalue weighted by Crippen LogP contribution is 2.22. The molecule has 1 N–H and O–H groups in total. The first kappa shape index (κ1) is 18.0. The molecule has 4 aromatic rings. The molecule has 2 heterocycles. The summed E-state index contributed by atoms with van der Waals surface area (Å²) in [7, 11) is 1.59. The summed E-state index contributed by atoms with van der Waals surface area (Å²) in [6, 6.07) is 16.9. The van der Waals surface area contributed by atoms with E-state index >= 15 is 0 Å². The highest BCUT2D eigenvalue weighted by molar-refractivity contribution is 5.68. The summed E-state index contributed by atoms with van der Waals surface area (Å²) in [5.74, 6) is 0.720. The topological polar surface area (TPSA) is 68.8 Å². The number of hydrogen-bond donors (Lipinski definition) is 1. The van der Waals surface area contributed by atoms with Crippen molar-refractivity contribution in [3.8, 4) is 17.0 Å². The fraction of sp³-hybridized carbons (Fsp3) is 0.182. The molecule has 0 amide bonds. The molecule has 1 unspecified atom stereocenters. The van der Waals surface area contributed by atoms with Crippen molar-refractivity contribution in [2.45, 2.75) is 19.6 Å². The number of aliphatic hydroxyl groups is 1. The van der Waals surface area contributed by atoms with E-state index in [-0.39, 0.29) is 12.1 Å². The van der Waals surface area contributed by atoms with Gasteiger partial charge < -0.3 is 14.4 Å². The summed E-state index contributed by atoms with van der Waals surface area (Å²) in [6.45, 7) is 2.18. The molecule has 4 rings (SSSR count). The number of hydrogen-bond acceptors (Lipinski definition) is 4. The van der Waals surface area contributed by atoms with Crippen molar-refractivity contribution in [1.29, 1.82) is 0 Å². The summed E-state index contributed by atoms with van der Waals surface area (Å²) >= 11 is 0. The number of rotatable bonds is 5. The number of fused-ring (bicyclic) bond motifs is 1. The molecule has 0 bridgehead atoms. The van der Waals surface area contributed by atoms with Gasteiger partial charge in [0.05, 0.1) is 25.5 Å². The second-order valence-corrected chi connectivity index (χ2v) is 6.72. The van der Waals surface area contributed by atoms with Crippen molar-refractivity contribution < 1.29 is 9.84 Å². The number of aromatic nitrogens is 3. The minimum atomic E-state index is -0.801.